The molecule has 3 aromatic rings. The molecule has 0 aliphatic heterocycles. The van der Waals surface area contributed by atoms with Crippen LogP contribution in [0.3, 0.4) is 0 Å². The molecule has 0 fully saturated rings. The molecule has 0 N–H and O–H groups in total. The number of benzene rings is 1. The molecule has 3 rings (SSSR count). The summed E-state index contributed by atoms with van der Waals surface area (Å²) in [6.45, 7) is 0. The van der Waals surface area contributed by atoms with Crippen molar-refractivity contribution in [1.82, 2.24) is 9.97 Å². The number of aromatic nitrogens is 2. The van der Waals surface area contributed by atoms with Gasteiger partial charge in [0.1, 0.15) is 11.5 Å². The molecule has 18 heavy (non-hydrogen) atoms. The van der Waals surface area contributed by atoms with E-state index in [0.29, 0.717) is 5.15 Å². The summed E-state index contributed by atoms with van der Waals surface area (Å²) in [5, 5.41) is 0.515. The lowest BCUT2D eigenvalue weighted by atomic mass is 10.2. The monoisotopic (exact) mass is 450 g/mol. The van der Waals surface area contributed by atoms with Crippen molar-refractivity contribution >= 4 is 71.7 Å². The molecule has 0 amide bonds. The molecule has 0 unspecified atom stereocenters. The summed E-state index contributed by atoms with van der Waals surface area (Å²) >= 11 is 13.5. The van der Waals surface area contributed by atoms with Crippen molar-refractivity contribution in [2.24, 2.45) is 0 Å². The number of rotatable bonds is 1. The molecule has 2 nitrogen and oxygen atoms in total. The highest BCUT2D eigenvalue weighted by atomic mass is 127. The van der Waals surface area contributed by atoms with Gasteiger partial charge in [0.2, 0.25) is 0 Å². The highest BCUT2D eigenvalue weighted by Gasteiger charge is 2.11. The molecule has 0 spiro atoms. The van der Waals surface area contributed by atoms with Crippen molar-refractivity contribution < 1.29 is 0 Å². The summed E-state index contributed by atoms with van der Waals surface area (Å²) in [5.74, 6) is 0. The zero-order chi connectivity index (χ0) is 12.7. The zero-order valence-corrected chi connectivity index (χ0v) is 14.1. The van der Waals surface area contributed by atoms with Gasteiger partial charge in [0.25, 0.3) is 0 Å². The Labute approximate surface area is 135 Å². The molecule has 0 aliphatic rings. The van der Waals surface area contributed by atoms with Gasteiger partial charge in [-0.3, -0.25) is 0 Å². The minimum Gasteiger partial charge on any atom is -0.235 e. The average Bonchev–Trinajstić information content (AvgIpc) is 2.77. The van der Waals surface area contributed by atoms with Gasteiger partial charge in [-0.2, -0.15) is 0 Å². The fraction of sp³-hybridized carbons (Fsp3) is 0. The Balaban J connectivity index is 2.26. The quantitative estimate of drug-likeness (QED) is 0.367. The number of fused-ring (bicyclic) bond motifs is 1. The second-order valence-electron chi connectivity index (χ2n) is 3.61. The smallest absolute Gasteiger partial charge is 0.150 e. The lowest BCUT2D eigenvalue weighted by Crippen LogP contribution is -1.79. The van der Waals surface area contributed by atoms with E-state index in [1.165, 1.54) is 15.5 Å². The van der Waals surface area contributed by atoms with Gasteiger partial charge in [0.05, 0.1) is 10.2 Å². The third kappa shape index (κ3) is 2.29. The van der Waals surface area contributed by atoms with Crippen molar-refractivity contribution in [3.63, 3.8) is 0 Å². The average molecular weight is 452 g/mol. The third-order valence-corrected chi connectivity index (χ3v) is 5.46. The maximum Gasteiger partial charge on any atom is 0.150 e. The van der Waals surface area contributed by atoms with Crippen LogP contribution >= 0.6 is 61.5 Å². The number of hydrogen-bond acceptors (Lipinski definition) is 3. The Hall–Kier alpha value is -0.240. The van der Waals surface area contributed by atoms with E-state index in [2.05, 4.69) is 66.7 Å². The second-order valence-corrected chi connectivity index (χ2v) is 7.10. The van der Waals surface area contributed by atoms with E-state index >= 15 is 0 Å². The van der Waals surface area contributed by atoms with E-state index in [4.69, 9.17) is 11.6 Å². The predicted octanol–water partition coefficient (Wildman–Crippen LogP) is 5.38. The van der Waals surface area contributed by atoms with Gasteiger partial charge in [-0.05, 0) is 46.9 Å². The minimum absolute atomic E-state index is 0.515. The molecular weight excluding hydrogens is 446 g/mol. The largest absolute Gasteiger partial charge is 0.235 e. The fourth-order valence-corrected chi connectivity index (χ4v) is 4.09. The van der Waals surface area contributed by atoms with Crippen LogP contribution in [0.5, 0.6) is 0 Å². The Bertz CT molecular complexity index is 744. The Morgan fingerprint density at radius 1 is 1.22 bits per heavy atom. The van der Waals surface area contributed by atoms with Crippen molar-refractivity contribution in [3.8, 4) is 10.4 Å². The summed E-state index contributed by atoms with van der Waals surface area (Å²) in [5.41, 5.74) is 2.08. The lowest BCUT2D eigenvalue weighted by Gasteiger charge is -2.01. The van der Waals surface area contributed by atoms with Gasteiger partial charge in [-0.1, -0.05) is 27.5 Å². The Morgan fingerprint density at radius 2 is 2.06 bits per heavy atom. The van der Waals surface area contributed by atoms with Gasteiger partial charge in [-0.15, -0.1) is 11.3 Å². The van der Waals surface area contributed by atoms with Crippen LogP contribution in [0.1, 0.15) is 0 Å². The summed E-state index contributed by atoms with van der Waals surface area (Å²) < 4.78 is 3.20. The molecular formula is C12H5BrClIN2S. The third-order valence-electron chi connectivity index (χ3n) is 2.46. The van der Waals surface area contributed by atoms with Crippen molar-refractivity contribution in [2.75, 3.05) is 0 Å². The standard InChI is InChI=1S/C12H5BrClIN2S/c13-6-1-2-8(15)7(3-6)10-4-9-11(18-10)12(14)17-5-16-9/h1-5H. The maximum atomic E-state index is 6.08. The van der Waals surface area contributed by atoms with Gasteiger partial charge >= 0.3 is 0 Å². The van der Waals surface area contributed by atoms with E-state index in [0.717, 1.165) is 19.6 Å². The van der Waals surface area contributed by atoms with Crippen molar-refractivity contribution in [3.05, 3.63) is 43.8 Å². The Morgan fingerprint density at radius 3 is 2.83 bits per heavy atom. The fourth-order valence-electron chi connectivity index (χ4n) is 1.64. The van der Waals surface area contributed by atoms with E-state index in [1.807, 2.05) is 6.07 Å². The topological polar surface area (TPSA) is 25.8 Å². The number of hydrogen-bond donors (Lipinski definition) is 0. The lowest BCUT2D eigenvalue weighted by molar-refractivity contribution is 1.23. The molecule has 1 aromatic carbocycles. The number of halogens is 3. The molecule has 90 valence electrons. The SMILES string of the molecule is Clc1ncnc2cc(-c3cc(Br)ccc3I)sc12. The van der Waals surface area contributed by atoms with E-state index < -0.39 is 0 Å². The molecule has 0 aliphatic carbocycles. The van der Waals surface area contributed by atoms with Crippen LogP contribution < -0.4 is 0 Å². The highest BCUT2D eigenvalue weighted by Crippen LogP contribution is 2.38. The number of nitrogens with zero attached hydrogens (tertiary/aromatic N) is 2. The van der Waals surface area contributed by atoms with Crippen LogP contribution in [0.25, 0.3) is 20.7 Å². The first-order chi connectivity index (χ1) is 8.65. The van der Waals surface area contributed by atoms with E-state index in [-0.39, 0.29) is 0 Å². The van der Waals surface area contributed by atoms with Crippen LogP contribution in [-0.2, 0) is 0 Å². The molecule has 0 radical (unpaired) electrons. The van der Waals surface area contributed by atoms with Crippen LogP contribution in [-0.4, -0.2) is 9.97 Å². The van der Waals surface area contributed by atoms with Gasteiger partial charge < -0.3 is 0 Å². The van der Waals surface area contributed by atoms with Crippen LogP contribution in [0.15, 0.2) is 35.1 Å². The first-order valence-corrected chi connectivity index (χ1v) is 8.07. The summed E-state index contributed by atoms with van der Waals surface area (Å²) in [4.78, 5) is 9.40. The summed E-state index contributed by atoms with van der Waals surface area (Å²) in [6, 6.07) is 8.27. The van der Waals surface area contributed by atoms with Crippen molar-refractivity contribution in [2.45, 2.75) is 0 Å². The Kier molecular flexibility index (Phi) is 3.57. The van der Waals surface area contributed by atoms with Gasteiger partial charge in [-0.25, -0.2) is 9.97 Å². The first-order valence-electron chi connectivity index (χ1n) is 5.00. The van der Waals surface area contributed by atoms with Gasteiger partial charge in [0.15, 0.2) is 0 Å². The highest BCUT2D eigenvalue weighted by molar-refractivity contribution is 14.1. The summed E-state index contributed by atoms with van der Waals surface area (Å²) in [6.07, 6.45) is 1.49. The second kappa shape index (κ2) is 5.03. The normalized spacial score (nSPS) is 11.1. The van der Waals surface area contributed by atoms with Crippen LogP contribution in [0.4, 0.5) is 0 Å². The van der Waals surface area contributed by atoms with Crippen LogP contribution in [0.2, 0.25) is 5.15 Å². The first kappa shape index (κ1) is 12.8. The molecule has 0 atom stereocenters. The molecule has 2 heterocycles. The van der Waals surface area contributed by atoms with Crippen LogP contribution in [0, 0.1) is 3.57 Å². The molecule has 0 saturated carbocycles. The van der Waals surface area contributed by atoms with E-state index in [9.17, 15) is 0 Å². The molecule has 2 aromatic heterocycles. The number of thiophene rings is 1. The summed E-state index contributed by atoms with van der Waals surface area (Å²) in [7, 11) is 0. The molecule has 0 saturated heterocycles. The van der Waals surface area contributed by atoms with Crippen molar-refractivity contribution in [1.29, 1.82) is 0 Å². The van der Waals surface area contributed by atoms with E-state index in [1.54, 1.807) is 11.3 Å². The van der Waals surface area contributed by atoms with Gasteiger partial charge in [0, 0.05) is 18.5 Å². The zero-order valence-electron chi connectivity index (χ0n) is 8.82. The predicted molar refractivity (Wildman–Crippen MR) is 88.3 cm³/mol. The molecule has 6 heteroatoms. The molecule has 0 bridgehead atoms. The minimum atomic E-state index is 0.515. The maximum absolute atomic E-state index is 6.08.